The molecule has 7 heteroatoms. The van der Waals surface area contributed by atoms with Gasteiger partial charge in [0.25, 0.3) is 0 Å². The minimum atomic E-state index is -3.84. The third kappa shape index (κ3) is 4.42. The van der Waals surface area contributed by atoms with E-state index in [-0.39, 0.29) is 22.3 Å². The highest BCUT2D eigenvalue weighted by molar-refractivity contribution is 7.92. The third-order valence-electron chi connectivity index (χ3n) is 4.72. The zero-order chi connectivity index (χ0) is 19.7. The molecular weight excluding hydrogens is 382 g/mol. The van der Waals surface area contributed by atoms with Crippen LogP contribution in [-0.4, -0.2) is 45.2 Å². The highest BCUT2D eigenvalue weighted by Crippen LogP contribution is 2.32. The molecule has 1 fully saturated rings. The van der Waals surface area contributed by atoms with Gasteiger partial charge in [-0.1, -0.05) is 62.4 Å². The van der Waals surface area contributed by atoms with Gasteiger partial charge in [-0.25, -0.2) is 16.8 Å². The molecule has 2 aromatic rings. The van der Waals surface area contributed by atoms with E-state index in [0.29, 0.717) is 18.5 Å². The standard InChI is InChI=1S/C20H25NO4S2/c1-16(2)14-21(18-12-13-26(22,23)15-18)27(24,25)20-11-7-6-10-19(20)17-8-4-3-5-9-17/h3-11,16,18H,12-15H2,1-2H3/t18-/m1/s1. The molecule has 1 aliphatic heterocycles. The van der Waals surface area contributed by atoms with Gasteiger partial charge in [0.2, 0.25) is 10.0 Å². The van der Waals surface area contributed by atoms with Crippen LogP contribution in [0.3, 0.4) is 0 Å². The summed E-state index contributed by atoms with van der Waals surface area (Å²) in [6, 6.07) is 15.8. The maximum atomic E-state index is 13.6. The van der Waals surface area contributed by atoms with Gasteiger partial charge >= 0.3 is 0 Å². The molecule has 0 saturated carbocycles. The Morgan fingerprint density at radius 2 is 1.67 bits per heavy atom. The van der Waals surface area contributed by atoms with Crippen molar-refractivity contribution in [2.75, 3.05) is 18.1 Å². The van der Waals surface area contributed by atoms with E-state index >= 15 is 0 Å². The molecule has 0 amide bonds. The average Bonchev–Trinajstić information content (AvgIpc) is 2.99. The molecule has 0 bridgehead atoms. The Bertz CT molecular complexity index is 999. The molecule has 27 heavy (non-hydrogen) atoms. The lowest BCUT2D eigenvalue weighted by Gasteiger charge is -2.29. The molecule has 0 radical (unpaired) electrons. The molecule has 1 heterocycles. The van der Waals surface area contributed by atoms with Crippen molar-refractivity contribution >= 4 is 19.9 Å². The third-order valence-corrected chi connectivity index (χ3v) is 8.45. The Morgan fingerprint density at radius 3 is 2.26 bits per heavy atom. The SMILES string of the molecule is CC(C)CN([C@@H]1CCS(=O)(=O)C1)S(=O)(=O)c1ccccc1-c1ccccc1. The van der Waals surface area contributed by atoms with Crippen LogP contribution in [-0.2, 0) is 19.9 Å². The number of benzene rings is 2. The van der Waals surface area contributed by atoms with Crippen molar-refractivity contribution in [1.29, 1.82) is 0 Å². The van der Waals surface area contributed by atoms with Crippen LogP contribution in [0.25, 0.3) is 11.1 Å². The summed E-state index contributed by atoms with van der Waals surface area (Å²) in [5.74, 6) is 0.0288. The Kier molecular flexibility index (Phi) is 5.74. The van der Waals surface area contributed by atoms with Gasteiger partial charge in [0.1, 0.15) is 0 Å². The maximum absolute atomic E-state index is 13.6. The van der Waals surface area contributed by atoms with Crippen molar-refractivity contribution in [2.24, 2.45) is 5.92 Å². The smallest absolute Gasteiger partial charge is 0.229 e. The van der Waals surface area contributed by atoms with Gasteiger partial charge < -0.3 is 0 Å². The highest BCUT2D eigenvalue weighted by Gasteiger charge is 2.39. The molecule has 0 aliphatic carbocycles. The van der Waals surface area contributed by atoms with Gasteiger partial charge in [-0.3, -0.25) is 0 Å². The van der Waals surface area contributed by atoms with Gasteiger partial charge in [0, 0.05) is 18.2 Å². The monoisotopic (exact) mass is 407 g/mol. The summed E-state index contributed by atoms with van der Waals surface area (Å²) in [7, 11) is -7.03. The normalized spacial score (nSPS) is 19.6. The molecule has 0 spiro atoms. The van der Waals surface area contributed by atoms with Gasteiger partial charge in [0.15, 0.2) is 9.84 Å². The lowest BCUT2D eigenvalue weighted by molar-refractivity contribution is 0.308. The van der Waals surface area contributed by atoms with Crippen LogP contribution in [0.1, 0.15) is 20.3 Å². The van der Waals surface area contributed by atoms with Crippen molar-refractivity contribution in [2.45, 2.75) is 31.2 Å². The van der Waals surface area contributed by atoms with E-state index in [9.17, 15) is 16.8 Å². The Morgan fingerprint density at radius 1 is 1.04 bits per heavy atom. The first-order valence-corrected chi connectivity index (χ1v) is 12.3. The van der Waals surface area contributed by atoms with Crippen LogP contribution in [0.4, 0.5) is 0 Å². The van der Waals surface area contributed by atoms with Gasteiger partial charge in [-0.15, -0.1) is 0 Å². The largest absolute Gasteiger partial charge is 0.243 e. The Labute approximate surface area is 162 Å². The Hall–Kier alpha value is -1.70. The zero-order valence-electron chi connectivity index (χ0n) is 15.6. The van der Waals surface area contributed by atoms with Crippen LogP contribution < -0.4 is 0 Å². The molecule has 0 N–H and O–H groups in total. The molecular formula is C20H25NO4S2. The maximum Gasteiger partial charge on any atom is 0.243 e. The summed E-state index contributed by atoms with van der Waals surface area (Å²) < 4.78 is 52.5. The second-order valence-electron chi connectivity index (χ2n) is 7.39. The van der Waals surface area contributed by atoms with E-state index in [2.05, 4.69) is 0 Å². The van der Waals surface area contributed by atoms with Crippen molar-refractivity contribution in [3.8, 4) is 11.1 Å². The minimum Gasteiger partial charge on any atom is -0.229 e. The number of nitrogens with zero attached hydrogens (tertiary/aromatic N) is 1. The average molecular weight is 408 g/mol. The molecule has 3 rings (SSSR count). The summed E-state index contributed by atoms with van der Waals surface area (Å²) >= 11 is 0. The van der Waals surface area contributed by atoms with Gasteiger partial charge in [-0.2, -0.15) is 4.31 Å². The zero-order valence-corrected chi connectivity index (χ0v) is 17.2. The number of hydrogen-bond acceptors (Lipinski definition) is 4. The number of rotatable bonds is 6. The predicted molar refractivity (Wildman–Crippen MR) is 108 cm³/mol. The van der Waals surface area contributed by atoms with E-state index in [1.54, 1.807) is 18.2 Å². The van der Waals surface area contributed by atoms with Crippen LogP contribution in [0, 0.1) is 5.92 Å². The lowest BCUT2D eigenvalue weighted by atomic mass is 10.1. The van der Waals surface area contributed by atoms with Crippen molar-refractivity contribution in [1.82, 2.24) is 4.31 Å². The molecule has 1 atom stereocenters. The van der Waals surface area contributed by atoms with E-state index in [4.69, 9.17) is 0 Å². The summed E-state index contributed by atoms with van der Waals surface area (Å²) in [5, 5.41) is 0. The van der Waals surface area contributed by atoms with Crippen LogP contribution in [0.5, 0.6) is 0 Å². The fourth-order valence-corrected chi connectivity index (χ4v) is 7.34. The summed E-state index contributed by atoms with van der Waals surface area (Å²) in [6.45, 7) is 4.18. The lowest BCUT2D eigenvalue weighted by Crippen LogP contribution is -2.43. The molecule has 1 aliphatic rings. The van der Waals surface area contributed by atoms with Crippen LogP contribution in [0.2, 0.25) is 0 Å². The van der Waals surface area contributed by atoms with Crippen molar-refractivity contribution < 1.29 is 16.8 Å². The molecule has 1 saturated heterocycles. The summed E-state index contributed by atoms with van der Waals surface area (Å²) in [6.07, 6.45) is 0.349. The molecule has 0 unspecified atom stereocenters. The summed E-state index contributed by atoms with van der Waals surface area (Å²) in [4.78, 5) is 0.223. The van der Waals surface area contributed by atoms with Crippen molar-refractivity contribution in [3.63, 3.8) is 0 Å². The fourth-order valence-electron chi connectivity index (χ4n) is 3.48. The van der Waals surface area contributed by atoms with Gasteiger partial charge in [0.05, 0.1) is 16.4 Å². The molecule has 2 aromatic carbocycles. The van der Waals surface area contributed by atoms with E-state index < -0.39 is 25.9 Å². The second kappa shape index (κ2) is 7.73. The predicted octanol–water partition coefficient (Wildman–Crippen LogP) is 3.19. The minimum absolute atomic E-state index is 0.0438. The van der Waals surface area contributed by atoms with E-state index in [0.717, 1.165) is 5.56 Å². The van der Waals surface area contributed by atoms with E-state index in [1.165, 1.54) is 4.31 Å². The number of sulfone groups is 1. The van der Waals surface area contributed by atoms with Crippen LogP contribution in [0.15, 0.2) is 59.5 Å². The van der Waals surface area contributed by atoms with Crippen molar-refractivity contribution in [3.05, 3.63) is 54.6 Å². The fraction of sp³-hybridized carbons (Fsp3) is 0.400. The van der Waals surface area contributed by atoms with Crippen LogP contribution >= 0.6 is 0 Å². The summed E-state index contributed by atoms with van der Waals surface area (Å²) in [5.41, 5.74) is 1.45. The molecule has 5 nitrogen and oxygen atoms in total. The topological polar surface area (TPSA) is 71.5 Å². The van der Waals surface area contributed by atoms with E-state index in [1.807, 2.05) is 50.2 Å². The molecule has 0 aromatic heterocycles. The molecule has 146 valence electrons. The first-order chi connectivity index (χ1) is 12.7. The first-order valence-electron chi connectivity index (χ1n) is 9.07. The first kappa shape index (κ1) is 20.0. The van der Waals surface area contributed by atoms with Gasteiger partial charge in [-0.05, 0) is 24.0 Å². The highest BCUT2D eigenvalue weighted by atomic mass is 32.2. The Balaban J connectivity index is 2.08. The second-order valence-corrected chi connectivity index (χ2v) is 11.5. The number of hydrogen-bond donors (Lipinski definition) is 0. The quantitative estimate of drug-likeness (QED) is 0.737. The number of sulfonamides is 1.